The number of pyridine rings is 1. The average Bonchev–Trinajstić information content (AvgIpc) is 3.55. The van der Waals surface area contributed by atoms with Crippen LogP contribution in [0.15, 0.2) is 29.9 Å². The monoisotopic (exact) mass is 700 g/mol. The maximum atomic E-state index is 10.6. The van der Waals surface area contributed by atoms with Crippen molar-refractivity contribution < 1.29 is 74.0 Å². The quantitative estimate of drug-likeness (QED) is 0.379. The Labute approximate surface area is 259 Å². The number of aromatic nitrogens is 2. The number of thiazole rings is 1. The minimum Gasteiger partial charge on any atom is -0.475 e. The molecule has 260 valence electrons. The Morgan fingerprint density at radius 3 is 1.76 bits per heavy atom. The van der Waals surface area contributed by atoms with E-state index in [-0.39, 0.29) is 0 Å². The minimum absolute atomic E-state index is 0.376. The molecule has 0 aliphatic carbocycles. The maximum absolute atomic E-state index is 10.6. The van der Waals surface area contributed by atoms with Gasteiger partial charge in [0.1, 0.15) is 0 Å². The van der Waals surface area contributed by atoms with Crippen molar-refractivity contribution in [1.29, 1.82) is 0 Å². The summed E-state index contributed by atoms with van der Waals surface area (Å²) in [6.45, 7) is 7.35. The molecule has 0 amide bonds. The fourth-order valence-electron chi connectivity index (χ4n) is 4.37. The number of aryl methyl sites for hydroxylation is 1. The molecule has 0 bridgehead atoms. The number of ether oxygens (including phenoxy) is 1. The number of carboxylic acids is 3. The van der Waals surface area contributed by atoms with E-state index in [9.17, 15) is 39.5 Å². The Morgan fingerprint density at radius 1 is 0.891 bits per heavy atom. The molecule has 2 fully saturated rings. The van der Waals surface area contributed by atoms with Gasteiger partial charge in [-0.05, 0) is 31.0 Å². The second-order valence-electron chi connectivity index (χ2n) is 9.58. The molecule has 0 radical (unpaired) electrons. The van der Waals surface area contributed by atoms with Crippen molar-refractivity contribution in [3.05, 3.63) is 46.2 Å². The molecule has 4 heterocycles. The van der Waals surface area contributed by atoms with Crippen LogP contribution >= 0.6 is 11.3 Å². The van der Waals surface area contributed by atoms with Crippen LogP contribution < -0.4 is 0 Å². The van der Waals surface area contributed by atoms with Crippen LogP contribution in [0.2, 0.25) is 0 Å². The summed E-state index contributed by atoms with van der Waals surface area (Å²) in [5.74, 6) is -7.69. The summed E-state index contributed by atoms with van der Waals surface area (Å²) in [6.07, 6.45) is -9.98. The molecule has 21 heteroatoms. The van der Waals surface area contributed by atoms with E-state index >= 15 is 0 Å². The Kier molecular flexibility index (Phi) is 15.3. The molecule has 4 rings (SSSR count). The van der Waals surface area contributed by atoms with Gasteiger partial charge in [0.25, 0.3) is 0 Å². The Bertz CT molecular complexity index is 1200. The fourth-order valence-corrected chi connectivity index (χ4v) is 4.97. The first-order valence-electron chi connectivity index (χ1n) is 12.8. The third kappa shape index (κ3) is 14.3. The number of aliphatic carboxylic acids is 3. The van der Waals surface area contributed by atoms with E-state index in [1.54, 1.807) is 11.3 Å². The zero-order chi connectivity index (χ0) is 35.5. The molecule has 0 aromatic carbocycles. The predicted octanol–water partition coefficient (Wildman–Crippen LogP) is 4.47. The number of nitrogens with zero attached hydrogens (tertiary/aromatic N) is 4. The molecule has 3 atom stereocenters. The van der Waals surface area contributed by atoms with Gasteiger partial charge in [-0.15, -0.1) is 11.3 Å². The molecule has 11 nitrogen and oxygen atoms in total. The molecule has 2 aliphatic heterocycles. The Hall–Kier alpha value is -3.56. The van der Waals surface area contributed by atoms with Gasteiger partial charge in [-0.2, -0.15) is 39.5 Å². The number of carboxylic acid groups (broad SMARTS) is 3. The molecule has 2 aromatic heterocycles. The Morgan fingerprint density at radius 2 is 1.37 bits per heavy atom. The number of likely N-dealkylation sites (tertiary alicyclic amines) is 2. The average molecular weight is 701 g/mol. The lowest BCUT2D eigenvalue weighted by atomic mass is 9.88. The lowest BCUT2D eigenvalue weighted by Crippen LogP contribution is -2.50. The van der Waals surface area contributed by atoms with Gasteiger partial charge >= 0.3 is 36.4 Å². The fraction of sp³-hybridized carbons (Fsp3) is 0.560. The van der Waals surface area contributed by atoms with Crippen LogP contribution in [0.4, 0.5) is 39.5 Å². The number of hydrogen-bond donors (Lipinski definition) is 3. The minimum atomic E-state index is -5.08. The molecule has 0 unspecified atom stereocenters. The first-order chi connectivity index (χ1) is 21.1. The van der Waals surface area contributed by atoms with E-state index in [0.717, 1.165) is 44.2 Å². The summed E-state index contributed by atoms with van der Waals surface area (Å²) in [5.41, 5.74) is 2.55. The number of alkyl halides is 9. The van der Waals surface area contributed by atoms with E-state index in [2.05, 4.69) is 44.2 Å². The summed E-state index contributed by atoms with van der Waals surface area (Å²) < 4.78 is 101. The maximum Gasteiger partial charge on any atom is 0.490 e. The second kappa shape index (κ2) is 17.4. The highest BCUT2D eigenvalue weighted by Gasteiger charge is 2.44. The topological polar surface area (TPSA) is 153 Å². The van der Waals surface area contributed by atoms with Gasteiger partial charge in [0.05, 0.1) is 16.8 Å². The van der Waals surface area contributed by atoms with Crippen molar-refractivity contribution in [3.8, 4) is 0 Å². The number of halogens is 9. The normalized spacial score (nSPS) is 20.1. The molecule has 0 saturated carbocycles. The number of rotatable bonds is 5. The summed E-state index contributed by atoms with van der Waals surface area (Å²) in [4.78, 5) is 40.7. The summed E-state index contributed by atoms with van der Waals surface area (Å²) in [7, 11) is 1.87. The van der Waals surface area contributed by atoms with Crippen LogP contribution in [0.5, 0.6) is 0 Å². The molecular weight excluding hydrogens is 671 g/mol. The van der Waals surface area contributed by atoms with Gasteiger partial charge in [0.15, 0.2) is 0 Å². The Balaban J connectivity index is 0.000000413. The molecule has 46 heavy (non-hydrogen) atoms. The number of carbonyl (C=O) groups is 3. The van der Waals surface area contributed by atoms with Crippen LogP contribution in [-0.4, -0.2) is 110 Å². The van der Waals surface area contributed by atoms with Gasteiger partial charge < -0.3 is 20.1 Å². The van der Waals surface area contributed by atoms with Crippen molar-refractivity contribution in [2.24, 2.45) is 5.92 Å². The van der Waals surface area contributed by atoms with Gasteiger partial charge in [0, 0.05) is 69.6 Å². The zero-order valence-corrected chi connectivity index (χ0v) is 24.8. The SMILES string of the molecule is CO[C@H]1CCN(Cc2ccncc2)[C@@H]2CN(Cc3csc(C)n3)C[C@H]12.O=C(O)C(F)(F)F.O=C(O)C(F)(F)F.O=C(O)C(F)(F)F. The third-order valence-electron chi connectivity index (χ3n) is 6.27. The third-order valence-corrected chi connectivity index (χ3v) is 7.10. The molecule has 0 spiro atoms. The molecule has 2 aliphatic rings. The van der Waals surface area contributed by atoms with E-state index in [4.69, 9.17) is 34.4 Å². The highest BCUT2D eigenvalue weighted by atomic mass is 32.1. The molecule has 3 N–H and O–H groups in total. The lowest BCUT2D eigenvalue weighted by molar-refractivity contribution is -0.193. The predicted molar refractivity (Wildman–Crippen MR) is 141 cm³/mol. The second-order valence-corrected chi connectivity index (χ2v) is 10.6. The molecule has 2 saturated heterocycles. The van der Waals surface area contributed by atoms with Gasteiger partial charge in [-0.25, -0.2) is 19.4 Å². The standard InChI is InChI=1S/C19H26N4OS.3C2HF3O2/c1-14-21-16(13-25-14)10-22-11-17-18(12-22)23(8-5-19(17)24-2)9-15-3-6-20-7-4-15;3*3-2(4,5)1(6)7/h3-4,6-7,13,17-19H,5,8-12H2,1-2H3;3*(H,6,7)/t17-,18+,19-;;;/m0.../s1. The van der Waals surface area contributed by atoms with Crippen molar-refractivity contribution in [1.82, 2.24) is 19.8 Å². The molecular formula is C25H29F9N4O7S. The number of piperidine rings is 1. The van der Waals surface area contributed by atoms with E-state index in [0.29, 0.717) is 18.1 Å². The number of methoxy groups -OCH3 is 1. The van der Waals surface area contributed by atoms with Crippen molar-refractivity contribution in [3.63, 3.8) is 0 Å². The number of hydrogen-bond acceptors (Lipinski definition) is 9. The van der Waals surface area contributed by atoms with Crippen LogP contribution in [0.1, 0.15) is 22.7 Å². The summed E-state index contributed by atoms with van der Waals surface area (Å²) in [5, 5.41) is 24.7. The van der Waals surface area contributed by atoms with Crippen molar-refractivity contribution in [2.75, 3.05) is 26.7 Å². The van der Waals surface area contributed by atoms with Gasteiger partial charge in [0.2, 0.25) is 0 Å². The smallest absolute Gasteiger partial charge is 0.475 e. The number of fused-ring (bicyclic) bond motifs is 1. The van der Waals surface area contributed by atoms with E-state index in [1.165, 1.54) is 11.3 Å². The lowest BCUT2D eigenvalue weighted by Gasteiger charge is -2.41. The van der Waals surface area contributed by atoms with Crippen molar-refractivity contribution >= 4 is 29.2 Å². The van der Waals surface area contributed by atoms with E-state index in [1.807, 2.05) is 19.5 Å². The highest BCUT2D eigenvalue weighted by Crippen LogP contribution is 2.34. The summed E-state index contributed by atoms with van der Waals surface area (Å²) in [6, 6.07) is 4.82. The summed E-state index contributed by atoms with van der Waals surface area (Å²) >= 11 is 1.74. The van der Waals surface area contributed by atoms with Crippen LogP contribution in [0, 0.1) is 12.8 Å². The largest absolute Gasteiger partial charge is 0.490 e. The first kappa shape index (κ1) is 40.5. The highest BCUT2D eigenvalue weighted by molar-refractivity contribution is 7.09. The zero-order valence-electron chi connectivity index (χ0n) is 23.9. The van der Waals surface area contributed by atoms with Gasteiger partial charge in [-0.1, -0.05) is 0 Å². The van der Waals surface area contributed by atoms with Crippen LogP contribution in [-0.2, 0) is 32.2 Å². The van der Waals surface area contributed by atoms with Crippen LogP contribution in [0.3, 0.4) is 0 Å². The van der Waals surface area contributed by atoms with Crippen molar-refractivity contribution in [2.45, 2.75) is 57.1 Å². The van der Waals surface area contributed by atoms with Gasteiger partial charge in [-0.3, -0.25) is 14.8 Å². The van der Waals surface area contributed by atoms with E-state index < -0.39 is 36.4 Å². The molecule has 2 aromatic rings. The van der Waals surface area contributed by atoms with Crippen LogP contribution in [0.25, 0.3) is 0 Å². The first-order valence-corrected chi connectivity index (χ1v) is 13.6.